The van der Waals surface area contributed by atoms with Gasteiger partial charge in [0.1, 0.15) is 0 Å². The molecule has 1 aliphatic heterocycles. The number of para-hydroxylation sites is 1. The highest BCUT2D eigenvalue weighted by atomic mass is 16.6. The zero-order chi connectivity index (χ0) is 19.8. The maximum atomic E-state index is 12.5. The molecule has 7 nitrogen and oxygen atoms in total. The van der Waals surface area contributed by atoms with Gasteiger partial charge >= 0.3 is 0 Å². The van der Waals surface area contributed by atoms with Crippen molar-refractivity contribution in [2.45, 2.75) is 6.04 Å². The van der Waals surface area contributed by atoms with E-state index in [0.717, 1.165) is 18.7 Å². The minimum absolute atomic E-state index is 0.0283. The number of benzene rings is 2. The quantitative estimate of drug-likeness (QED) is 0.453. The lowest BCUT2D eigenvalue weighted by molar-refractivity contribution is -0.385. The number of morpholine rings is 1. The van der Waals surface area contributed by atoms with Crippen LogP contribution in [-0.4, -0.2) is 48.6 Å². The monoisotopic (exact) mass is 381 g/mol. The van der Waals surface area contributed by atoms with Crippen LogP contribution >= 0.6 is 0 Å². The third-order valence-corrected chi connectivity index (χ3v) is 4.61. The molecular formula is C21H23N3O4. The summed E-state index contributed by atoms with van der Waals surface area (Å²) in [5.41, 5.74) is 1.38. The Kier molecular flexibility index (Phi) is 6.89. The first kappa shape index (κ1) is 19.7. The third-order valence-electron chi connectivity index (χ3n) is 4.61. The van der Waals surface area contributed by atoms with Crippen LogP contribution < -0.4 is 5.32 Å². The average Bonchev–Trinajstić information content (AvgIpc) is 2.73. The van der Waals surface area contributed by atoms with Gasteiger partial charge in [-0.2, -0.15) is 0 Å². The van der Waals surface area contributed by atoms with Crippen LogP contribution in [0.4, 0.5) is 5.69 Å². The summed E-state index contributed by atoms with van der Waals surface area (Å²) >= 11 is 0. The van der Waals surface area contributed by atoms with Gasteiger partial charge in [0, 0.05) is 31.8 Å². The summed E-state index contributed by atoms with van der Waals surface area (Å²) in [7, 11) is 0. The summed E-state index contributed by atoms with van der Waals surface area (Å²) in [4.78, 5) is 25.4. The minimum Gasteiger partial charge on any atom is -0.379 e. The zero-order valence-electron chi connectivity index (χ0n) is 15.5. The summed E-state index contributed by atoms with van der Waals surface area (Å²) in [6, 6.07) is 15.9. The second-order valence-electron chi connectivity index (χ2n) is 6.53. The Morgan fingerprint density at radius 2 is 1.82 bits per heavy atom. The number of nitro groups is 1. The molecule has 2 aromatic carbocycles. The lowest BCUT2D eigenvalue weighted by atomic mass is 10.1. The average molecular weight is 381 g/mol. The van der Waals surface area contributed by atoms with Gasteiger partial charge in [0.05, 0.1) is 29.7 Å². The Morgan fingerprint density at radius 1 is 1.14 bits per heavy atom. The lowest BCUT2D eigenvalue weighted by Gasteiger charge is -2.31. The second-order valence-corrected chi connectivity index (χ2v) is 6.53. The molecule has 0 saturated carbocycles. The first-order valence-corrected chi connectivity index (χ1v) is 9.20. The summed E-state index contributed by atoms with van der Waals surface area (Å²) in [5, 5.41) is 14.1. The molecule has 0 bridgehead atoms. The topological polar surface area (TPSA) is 84.7 Å². The first-order chi connectivity index (χ1) is 13.6. The highest BCUT2D eigenvalue weighted by molar-refractivity contribution is 5.92. The van der Waals surface area contributed by atoms with Gasteiger partial charge in [0.2, 0.25) is 5.91 Å². The van der Waals surface area contributed by atoms with E-state index in [0.29, 0.717) is 25.3 Å². The van der Waals surface area contributed by atoms with E-state index in [4.69, 9.17) is 4.74 Å². The van der Waals surface area contributed by atoms with Crippen LogP contribution in [0.1, 0.15) is 17.2 Å². The van der Waals surface area contributed by atoms with Crippen molar-refractivity contribution in [3.05, 3.63) is 81.9 Å². The number of carbonyl (C=O) groups excluding carboxylic acids is 1. The van der Waals surface area contributed by atoms with Gasteiger partial charge in [-0.05, 0) is 17.7 Å². The largest absolute Gasteiger partial charge is 0.379 e. The van der Waals surface area contributed by atoms with Crippen LogP contribution in [0.25, 0.3) is 6.08 Å². The molecule has 2 aromatic rings. The van der Waals surface area contributed by atoms with Crippen LogP contribution in [0, 0.1) is 10.1 Å². The second kappa shape index (κ2) is 9.77. The predicted molar refractivity (Wildman–Crippen MR) is 107 cm³/mol. The maximum absolute atomic E-state index is 12.5. The zero-order valence-corrected chi connectivity index (χ0v) is 15.5. The molecule has 146 valence electrons. The molecule has 0 spiro atoms. The summed E-state index contributed by atoms with van der Waals surface area (Å²) < 4.78 is 5.39. The van der Waals surface area contributed by atoms with Crippen molar-refractivity contribution in [1.29, 1.82) is 0 Å². The van der Waals surface area contributed by atoms with Gasteiger partial charge in [0.15, 0.2) is 0 Å². The van der Waals surface area contributed by atoms with E-state index in [-0.39, 0.29) is 17.6 Å². The van der Waals surface area contributed by atoms with Gasteiger partial charge in [-0.3, -0.25) is 19.8 Å². The first-order valence-electron chi connectivity index (χ1n) is 9.20. The third kappa shape index (κ3) is 5.48. The molecule has 1 aliphatic rings. The highest BCUT2D eigenvalue weighted by Crippen LogP contribution is 2.19. The van der Waals surface area contributed by atoms with Crippen molar-refractivity contribution in [2.24, 2.45) is 0 Å². The molecular weight excluding hydrogens is 358 g/mol. The van der Waals surface area contributed by atoms with Crippen molar-refractivity contribution in [1.82, 2.24) is 10.2 Å². The van der Waals surface area contributed by atoms with E-state index in [9.17, 15) is 14.9 Å². The molecule has 0 aliphatic carbocycles. The number of nitrogens with zero attached hydrogens (tertiary/aromatic N) is 2. The molecule has 1 N–H and O–H groups in total. The number of nitrogens with one attached hydrogen (secondary N) is 1. The van der Waals surface area contributed by atoms with E-state index in [1.807, 2.05) is 30.3 Å². The normalized spacial score (nSPS) is 16.0. The highest BCUT2D eigenvalue weighted by Gasteiger charge is 2.19. The SMILES string of the molecule is O=C(/C=C/c1ccccc1[N+](=O)[O-])N[C@H](CN1CCOCC1)c1ccccc1. The number of carbonyl (C=O) groups is 1. The fraction of sp³-hybridized carbons (Fsp3) is 0.286. The van der Waals surface area contributed by atoms with E-state index < -0.39 is 4.92 Å². The van der Waals surface area contributed by atoms with Crippen molar-refractivity contribution in [3.8, 4) is 0 Å². The summed E-state index contributed by atoms with van der Waals surface area (Å²) in [5.74, 6) is -0.291. The molecule has 1 amide bonds. The Morgan fingerprint density at radius 3 is 2.54 bits per heavy atom. The molecule has 1 heterocycles. The number of hydrogen-bond acceptors (Lipinski definition) is 5. The van der Waals surface area contributed by atoms with E-state index in [1.165, 1.54) is 18.2 Å². The lowest BCUT2D eigenvalue weighted by Crippen LogP contribution is -2.42. The number of amides is 1. The number of nitro benzene ring substituents is 1. The van der Waals surface area contributed by atoms with Crippen molar-refractivity contribution in [2.75, 3.05) is 32.8 Å². The molecule has 0 unspecified atom stereocenters. The van der Waals surface area contributed by atoms with Gasteiger partial charge in [-0.25, -0.2) is 0 Å². The van der Waals surface area contributed by atoms with Crippen LogP contribution in [0.3, 0.4) is 0 Å². The van der Waals surface area contributed by atoms with Crippen LogP contribution in [0.2, 0.25) is 0 Å². The van der Waals surface area contributed by atoms with Gasteiger partial charge in [-0.15, -0.1) is 0 Å². The van der Waals surface area contributed by atoms with E-state index in [2.05, 4.69) is 10.2 Å². The van der Waals surface area contributed by atoms with Gasteiger partial charge in [-0.1, -0.05) is 42.5 Å². The van der Waals surface area contributed by atoms with Crippen molar-refractivity contribution >= 4 is 17.7 Å². The Hall–Kier alpha value is -3.03. The summed E-state index contributed by atoms with van der Waals surface area (Å²) in [6.07, 6.45) is 2.82. The molecule has 1 fully saturated rings. The molecule has 28 heavy (non-hydrogen) atoms. The fourth-order valence-corrected chi connectivity index (χ4v) is 3.14. The Labute approximate surface area is 163 Å². The van der Waals surface area contributed by atoms with Gasteiger partial charge < -0.3 is 10.1 Å². The molecule has 7 heteroatoms. The summed E-state index contributed by atoms with van der Waals surface area (Å²) in [6.45, 7) is 3.70. The predicted octanol–water partition coefficient (Wildman–Crippen LogP) is 2.80. The van der Waals surface area contributed by atoms with Crippen LogP contribution in [0.5, 0.6) is 0 Å². The molecule has 0 aromatic heterocycles. The van der Waals surface area contributed by atoms with Gasteiger partial charge in [0.25, 0.3) is 5.69 Å². The Bertz CT molecular complexity index is 833. The maximum Gasteiger partial charge on any atom is 0.276 e. The van der Waals surface area contributed by atoms with Crippen LogP contribution in [0.15, 0.2) is 60.7 Å². The minimum atomic E-state index is -0.456. The standard InChI is InChI=1S/C21H23N3O4/c25-21(11-10-18-8-4-5-9-20(18)24(26)27)22-19(17-6-2-1-3-7-17)16-23-12-14-28-15-13-23/h1-11,19H,12-16H2,(H,22,25)/b11-10+/t19-/m1/s1. The smallest absolute Gasteiger partial charge is 0.276 e. The number of rotatable bonds is 7. The van der Waals surface area contributed by atoms with E-state index >= 15 is 0 Å². The molecule has 1 saturated heterocycles. The van der Waals surface area contributed by atoms with Crippen molar-refractivity contribution in [3.63, 3.8) is 0 Å². The fourth-order valence-electron chi connectivity index (χ4n) is 3.14. The number of hydrogen-bond donors (Lipinski definition) is 1. The van der Waals surface area contributed by atoms with Crippen molar-refractivity contribution < 1.29 is 14.5 Å². The van der Waals surface area contributed by atoms with E-state index in [1.54, 1.807) is 18.2 Å². The number of ether oxygens (including phenoxy) is 1. The Balaban J connectivity index is 1.71. The molecule has 0 radical (unpaired) electrons. The van der Waals surface area contributed by atoms with Crippen LogP contribution in [-0.2, 0) is 9.53 Å². The molecule has 1 atom stereocenters. The molecule has 3 rings (SSSR count).